The molecule has 4 rings (SSSR count). The van der Waals surface area contributed by atoms with Crippen LogP contribution >= 0.6 is 0 Å². The van der Waals surface area contributed by atoms with Gasteiger partial charge in [-0.3, -0.25) is 14.6 Å². The maximum atomic E-state index is 14.3. The van der Waals surface area contributed by atoms with Crippen molar-refractivity contribution >= 4 is 22.7 Å². The van der Waals surface area contributed by atoms with E-state index in [0.29, 0.717) is 45.4 Å². The maximum absolute atomic E-state index is 14.3. The third kappa shape index (κ3) is 5.08. The molecule has 0 aliphatic heterocycles. The van der Waals surface area contributed by atoms with E-state index in [4.69, 9.17) is 11.5 Å². The number of aromatic nitrogens is 2. The smallest absolute Gasteiger partial charge is 0.267 e. The third-order valence-corrected chi connectivity index (χ3v) is 6.11. The number of rotatable bonds is 7. The van der Waals surface area contributed by atoms with Crippen LogP contribution in [-0.4, -0.2) is 46.3 Å². The monoisotopic (exact) mass is 485 g/mol. The van der Waals surface area contributed by atoms with Gasteiger partial charge >= 0.3 is 0 Å². The average molecular weight is 486 g/mol. The molecular formula is C28H28FN5O2. The van der Waals surface area contributed by atoms with E-state index >= 15 is 0 Å². The quantitative estimate of drug-likeness (QED) is 0.405. The fourth-order valence-electron chi connectivity index (χ4n) is 4.18. The van der Waals surface area contributed by atoms with E-state index in [1.165, 1.54) is 12.1 Å². The van der Waals surface area contributed by atoms with Crippen molar-refractivity contribution in [1.82, 2.24) is 14.9 Å². The van der Waals surface area contributed by atoms with E-state index in [2.05, 4.69) is 9.97 Å². The molecule has 36 heavy (non-hydrogen) atoms. The van der Waals surface area contributed by atoms with E-state index in [9.17, 15) is 14.0 Å². The van der Waals surface area contributed by atoms with Gasteiger partial charge in [0.1, 0.15) is 11.5 Å². The lowest BCUT2D eigenvalue weighted by atomic mass is 9.94. The van der Waals surface area contributed by atoms with Crippen LogP contribution in [0.2, 0.25) is 0 Å². The Hall–Kier alpha value is -4.17. The highest BCUT2D eigenvalue weighted by molar-refractivity contribution is 6.12. The van der Waals surface area contributed by atoms with Gasteiger partial charge in [0.15, 0.2) is 0 Å². The van der Waals surface area contributed by atoms with Crippen molar-refractivity contribution in [1.29, 1.82) is 0 Å². The largest absolute Gasteiger partial charge is 0.364 e. The molecular weight excluding hydrogens is 457 g/mol. The Kier molecular flexibility index (Phi) is 7.07. The highest BCUT2D eigenvalue weighted by Crippen LogP contribution is 2.33. The number of nitrogens with zero attached hydrogens (tertiary/aromatic N) is 3. The molecule has 4 aromatic rings. The van der Waals surface area contributed by atoms with E-state index in [1.54, 1.807) is 49.3 Å². The molecule has 7 nitrogen and oxygen atoms in total. The van der Waals surface area contributed by atoms with Crippen LogP contribution in [-0.2, 0) is 0 Å². The van der Waals surface area contributed by atoms with Crippen LogP contribution < -0.4 is 11.5 Å². The van der Waals surface area contributed by atoms with E-state index in [0.717, 1.165) is 12.0 Å². The lowest BCUT2D eigenvalue weighted by Gasteiger charge is -2.23. The van der Waals surface area contributed by atoms with Crippen LogP contribution in [0.5, 0.6) is 0 Å². The van der Waals surface area contributed by atoms with Gasteiger partial charge in [-0.2, -0.15) is 0 Å². The second kappa shape index (κ2) is 10.2. The Morgan fingerprint density at radius 3 is 2.56 bits per heavy atom. The molecule has 0 aliphatic rings. The summed E-state index contributed by atoms with van der Waals surface area (Å²) in [5, 5.41) is 0.583. The lowest BCUT2D eigenvalue weighted by molar-refractivity contribution is 0.0788. The molecule has 0 fully saturated rings. The first-order chi connectivity index (χ1) is 17.2. The second-order valence-electron chi connectivity index (χ2n) is 8.92. The van der Waals surface area contributed by atoms with Gasteiger partial charge in [0.2, 0.25) is 0 Å². The number of pyridine rings is 2. The number of benzene rings is 2. The average Bonchev–Trinajstić information content (AvgIpc) is 2.86. The van der Waals surface area contributed by atoms with Gasteiger partial charge < -0.3 is 16.4 Å². The number of carbonyl (C=O) groups excluding carboxylic acids is 2. The molecule has 0 saturated heterocycles. The molecule has 0 aliphatic carbocycles. The minimum Gasteiger partial charge on any atom is -0.364 e. The number of primary amides is 1. The second-order valence-corrected chi connectivity index (χ2v) is 8.92. The number of nitrogens with two attached hydrogens (primary N) is 2. The number of carbonyl (C=O) groups is 2. The molecule has 2 amide bonds. The highest BCUT2D eigenvalue weighted by atomic mass is 19.1. The number of hydrogen-bond donors (Lipinski definition) is 2. The van der Waals surface area contributed by atoms with Crippen molar-refractivity contribution in [3.63, 3.8) is 0 Å². The Bertz CT molecular complexity index is 1450. The summed E-state index contributed by atoms with van der Waals surface area (Å²) >= 11 is 0. The Balaban J connectivity index is 1.96. The number of amides is 2. The van der Waals surface area contributed by atoms with Gasteiger partial charge in [-0.1, -0.05) is 25.1 Å². The number of fused-ring (bicyclic) bond motifs is 1. The first-order valence-corrected chi connectivity index (χ1v) is 11.7. The fraction of sp³-hybridized carbons (Fsp3) is 0.214. The maximum Gasteiger partial charge on any atom is 0.267 e. The van der Waals surface area contributed by atoms with Crippen LogP contribution in [0.3, 0.4) is 0 Å². The first-order valence-electron chi connectivity index (χ1n) is 11.7. The van der Waals surface area contributed by atoms with Crippen LogP contribution in [0.15, 0.2) is 60.8 Å². The summed E-state index contributed by atoms with van der Waals surface area (Å²) in [6.07, 6.45) is 2.32. The SMILES string of the molecule is CCC(N)CN(C)C(=O)c1c(-c2cc(C)cc(F)c2)cnc2ccc(-c3cccc(C(N)=O)n3)cc12. The predicted molar refractivity (Wildman–Crippen MR) is 139 cm³/mol. The van der Waals surface area contributed by atoms with Crippen molar-refractivity contribution in [3.05, 3.63) is 83.4 Å². The summed E-state index contributed by atoms with van der Waals surface area (Å²) in [6, 6.07) is 14.9. The molecule has 0 bridgehead atoms. The normalized spacial score (nSPS) is 11.9. The zero-order chi connectivity index (χ0) is 26.0. The Morgan fingerprint density at radius 2 is 1.86 bits per heavy atom. The van der Waals surface area contributed by atoms with Gasteiger partial charge in [-0.25, -0.2) is 9.37 Å². The molecule has 8 heteroatoms. The molecule has 1 unspecified atom stereocenters. The summed E-state index contributed by atoms with van der Waals surface area (Å²) < 4.78 is 14.3. The molecule has 2 aromatic carbocycles. The zero-order valence-corrected chi connectivity index (χ0v) is 20.5. The fourth-order valence-corrected chi connectivity index (χ4v) is 4.18. The van der Waals surface area contributed by atoms with Gasteiger partial charge in [0.05, 0.1) is 16.8 Å². The topological polar surface area (TPSA) is 115 Å². The molecule has 0 radical (unpaired) electrons. The van der Waals surface area contributed by atoms with E-state index in [-0.39, 0.29) is 17.6 Å². The van der Waals surface area contributed by atoms with E-state index < -0.39 is 11.7 Å². The lowest BCUT2D eigenvalue weighted by Crippen LogP contribution is -2.38. The van der Waals surface area contributed by atoms with Crippen molar-refractivity contribution in [2.75, 3.05) is 13.6 Å². The van der Waals surface area contributed by atoms with Gasteiger partial charge in [0.25, 0.3) is 11.8 Å². The molecule has 2 aromatic heterocycles. The van der Waals surface area contributed by atoms with Gasteiger partial charge in [0, 0.05) is 42.3 Å². The molecule has 0 spiro atoms. The number of likely N-dealkylation sites (N-methyl/N-ethyl adjacent to an activating group) is 1. The molecule has 4 N–H and O–H groups in total. The van der Waals surface area contributed by atoms with Gasteiger partial charge in [-0.05, 0) is 60.9 Å². The standard InChI is InChI=1S/C28H28FN5O2/c1-4-20(30)15-34(3)28(36)26-21-13-17(23-6-5-7-25(33-23)27(31)35)8-9-24(21)32-14-22(26)18-10-16(2)11-19(29)12-18/h5-14,20H,4,15,30H2,1-3H3,(H2,31,35). The minimum atomic E-state index is -0.632. The van der Waals surface area contributed by atoms with Crippen molar-refractivity contribution in [2.45, 2.75) is 26.3 Å². The van der Waals surface area contributed by atoms with Crippen LogP contribution in [0.1, 0.15) is 39.8 Å². The molecule has 0 saturated carbocycles. The summed E-state index contributed by atoms with van der Waals surface area (Å²) in [4.78, 5) is 36.0. The summed E-state index contributed by atoms with van der Waals surface area (Å²) in [5.74, 6) is -1.28. The van der Waals surface area contributed by atoms with Gasteiger partial charge in [-0.15, -0.1) is 0 Å². The minimum absolute atomic E-state index is 0.138. The molecule has 184 valence electrons. The number of aryl methyl sites for hydroxylation is 1. The van der Waals surface area contributed by atoms with E-state index in [1.807, 2.05) is 25.1 Å². The Morgan fingerprint density at radius 1 is 1.08 bits per heavy atom. The number of halogens is 1. The highest BCUT2D eigenvalue weighted by Gasteiger charge is 2.23. The first kappa shape index (κ1) is 24.9. The van der Waals surface area contributed by atoms with Crippen LogP contribution in [0.4, 0.5) is 4.39 Å². The summed E-state index contributed by atoms with van der Waals surface area (Å²) in [7, 11) is 1.70. The number of hydrogen-bond acceptors (Lipinski definition) is 5. The summed E-state index contributed by atoms with van der Waals surface area (Å²) in [6.45, 7) is 4.12. The zero-order valence-electron chi connectivity index (χ0n) is 20.5. The van der Waals surface area contributed by atoms with Crippen molar-refractivity contribution in [3.8, 4) is 22.4 Å². The van der Waals surface area contributed by atoms with Crippen molar-refractivity contribution < 1.29 is 14.0 Å². The predicted octanol–water partition coefficient (Wildman–Crippen LogP) is 4.32. The summed E-state index contributed by atoms with van der Waals surface area (Å²) in [5.41, 5.74) is 15.7. The van der Waals surface area contributed by atoms with Crippen molar-refractivity contribution in [2.24, 2.45) is 11.5 Å². The Labute approximate surface area is 209 Å². The van der Waals surface area contributed by atoms with Crippen LogP contribution in [0, 0.1) is 12.7 Å². The molecule has 2 heterocycles. The van der Waals surface area contributed by atoms with Crippen LogP contribution in [0.25, 0.3) is 33.3 Å². The third-order valence-electron chi connectivity index (χ3n) is 6.11. The molecule has 1 atom stereocenters.